The van der Waals surface area contributed by atoms with Gasteiger partial charge in [-0.25, -0.2) is 0 Å². The minimum Gasteiger partial charge on any atom is -0.368 e. The highest BCUT2D eigenvalue weighted by Crippen LogP contribution is 2.18. The van der Waals surface area contributed by atoms with E-state index < -0.39 is 0 Å². The van der Waals surface area contributed by atoms with Crippen LogP contribution in [-0.4, -0.2) is 56.2 Å². The van der Waals surface area contributed by atoms with Crippen molar-refractivity contribution in [2.45, 2.75) is 19.8 Å². The Bertz CT molecular complexity index is 1370. The number of nitrogens with zero attached hydrogens (tertiary/aromatic N) is 6. The molecule has 1 fully saturated rings. The van der Waals surface area contributed by atoms with Gasteiger partial charge in [-0.1, -0.05) is 48.5 Å². The van der Waals surface area contributed by atoms with Crippen LogP contribution in [-0.2, 0) is 18.3 Å². The fourth-order valence-electron chi connectivity index (χ4n) is 4.53. The summed E-state index contributed by atoms with van der Waals surface area (Å²) in [5, 5.41) is 4.47. The van der Waals surface area contributed by atoms with E-state index in [0.717, 1.165) is 24.3 Å². The Hall–Kier alpha value is -3.94. The zero-order chi connectivity index (χ0) is 23.7. The van der Waals surface area contributed by atoms with Crippen LogP contribution in [0.5, 0.6) is 0 Å². The van der Waals surface area contributed by atoms with Gasteiger partial charge in [0.15, 0.2) is 5.82 Å². The van der Waals surface area contributed by atoms with Gasteiger partial charge in [-0.05, 0) is 25.5 Å². The molecule has 1 amide bonds. The second kappa shape index (κ2) is 9.13. The molecule has 0 spiro atoms. The lowest BCUT2D eigenvalue weighted by Crippen LogP contribution is -2.48. The summed E-state index contributed by atoms with van der Waals surface area (Å²) in [6, 6.07) is 19.9. The summed E-state index contributed by atoms with van der Waals surface area (Å²) in [6.07, 6.45) is 0.680. The molecule has 2 aromatic heterocycles. The van der Waals surface area contributed by atoms with Gasteiger partial charge < -0.3 is 14.4 Å². The summed E-state index contributed by atoms with van der Waals surface area (Å²) >= 11 is 0. The second-order valence-corrected chi connectivity index (χ2v) is 8.64. The molecule has 1 aliphatic heterocycles. The monoisotopic (exact) mass is 456 g/mol. The van der Waals surface area contributed by atoms with Crippen LogP contribution in [0.4, 0.5) is 5.69 Å². The average Bonchev–Trinajstić information content (AvgIpc) is 3.34. The molecular formula is C26H28N6O2. The maximum absolute atomic E-state index is 13.3. The first-order valence-electron chi connectivity index (χ1n) is 11.6. The molecule has 0 N–H and O–H groups in total. The molecule has 34 heavy (non-hydrogen) atoms. The minimum atomic E-state index is -0.207. The smallest absolute Gasteiger partial charge is 0.279 e. The second-order valence-electron chi connectivity index (χ2n) is 8.64. The molecule has 8 nitrogen and oxygen atoms in total. The number of amides is 1. The third-order valence-corrected chi connectivity index (χ3v) is 6.66. The van der Waals surface area contributed by atoms with Crippen LogP contribution >= 0.6 is 0 Å². The Kier molecular flexibility index (Phi) is 5.88. The van der Waals surface area contributed by atoms with Gasteiger partial charge in [0.05, 0.1) is 0 Å². The largest absolute Gasteiger partial charge is 0.368 e. The lowest BCUT2D eigenvalue weighted by atomic mass is 10.1. The van der Waals surface area contributed by atoms with Gasteiger partial charge in [0.25, 0.3) is 5.56 Å². The van der Waals surface area contributed by atoms with Crippen molar-refractivity contribution in [3.05, 3.63) is 82.3 Å². The Morgan fingerprint density at radius 3 is 2.26 bits per heavy atom. The number of carbonyl (C=O) groups excluding carboxylic acids is 1. The van der Waals surface area contributed by atoms with E-state index in [0.29, 0.717) is 43.1 Å². The number of benzene rings is 2. The molecule has 8 heteroatoms. The minimum absolute atomic E-state index is 0.0813. The standard InChI is InChI=1S/C26H28N6O2/c1-19-22(13-14-23(33)31-17-15-30(16-18-31)21-11-7-4-8-12-21)25(34)32-26(29(19)2)27-24(28-32)20-9-5-3-6-10-20/h3-12H,13-18H2,1-2H3. The molecule has 0 atom stereocenters. The lowest BCUT2D eigenvalue weighted by Gasteiger charge is -2.36. The maximum Gasteiger partial charge on any atom is 0.279 e. The molecule has 3 heterocycles. The normalized spacial score (nSPS) is 14.1. The molecule has 4 aromatic rings. The summed E-state index contributed by atoms with van der Waals surface area (Å²) < 4.78 is 3.23. The number of piperazine rings is 1. The van der Waals surface area contributed by atoms with Crippen LogP contribution in [0.25, 0.3) is 17.2 Å². The molecule has 0 radical (unpaired) electrons. The van der Waals surface area contributed by atoms with Crippen molar-refractivity contribution >= 4 is 17.4 Å². The molecule has 0 saturated carbocycles. The van der Waals surface area contributed by atoms with E-state index >= 15 is 0 Å². The molecule has 0 aliphatic carbocycles. The number of aromatic nitrogens is 4. The number of rotatable bonds is 5. The molecular weight excluding hydrogens is 428 g/mol. The van der Waals surface area contributed by atoms with Crippen molar-refractivity contribution < 1.29 is 4.79 Å². The summed E-state index contributed by atoms with van der Waals surface area (Å²) in [5.74, 6) is 1.09. The number of hydrogen-bond acceptors (Lipinski definition) is 5. The Labute approximate surface area is 198 Å². The first-order valence-corrected chi connectivity index (χ1v) is 11.6. The Balaban J connectivity index is 1.30. The van der Waals surface area contributed by atoms with Crippen molar-refractivity contribution in [1.82, 2.24) is 24.1 Å². The highest BCUT2D eigenvalue weighted by molar-refractivity contribution is 5.77. The van der Waals surface area contributed by atoms with Crippen LogP contribution in [0.1, 0.15) is 17.7 Å². The quantitative estimate of drug-likeness (QED) is 0.462. The molecule has 1 saturated heterocycles. The number of carbonyl (C=O) groups is 1. The van der Waals surface area contributed by atoms with E-state index in [1.807, 2.05) is 72.0 Å². The molecule has 0 bridgehead atoms. The Morgan fingerprint density at radius 2 is 1.59 bits per heavy atom. The van der Waals surface area contributed by atoms with Crippen molar-refractivity contribution in [2.24, 2.45) is 7.05 Å². The van der Waals surface area contributed by atoms with Crippen LogP contribution < -0.4 is 10.5 Å². The number of hydrogen-bond donors (Lipinski definition) is 0. The van der Waals surface area contributed by atoms with E-state index in [4.69, 9.17) is 0 Å². The SMILES string of the molecule is Cc1c(CCC(=O)N2CCN(c3ccccc3)CC2)c(=O)n2nc(-c3ccccc3)nc2n1C. The third-order valence-electron chi connectivity index (χ3n) is 6.66. The summed E-state index contributed by atoms with van der Waals surface area (Å²) in [4.78, 5) is 35.0. The van der Waals surface area contributed by atoms with E-state index in [9.17, 15) is 9.59 Å². The third kappa shape index (κ3) is 4.07. The Morgan fingerprint density at radius 1 is 0.941 bits per heavy atom. The number of fused-ring (bicyclic) bond motifs is 1. The fourth-order valence-corrected chi connectivity index (χ4v) is 4.53. The zero-order valence-electron chi connectivity index (χ0n) is 19.5. The maximum atomic E-state index is 13.3. The lowest BCUT2D eigenvalue weighted by molar-refractivity contribution is -0.131. The predicted molar refractivity (Wildman–Crippen MR) is 132 cm³/mol. The average molecular weight is 457 g/mol. The van der Waals surface area contributed by atoms with E-state index in [1.165, 1.54) is 10.2 Å². The van der Waals surface area contributed by atoms with Crippen molar-refractivity contribution in [3.8, 4) is 11.4 Å². The van der Waals surface area contributed by atoms with Gasteiger partial charge in [0, 0.05) is 62.2 Å². The topological polar surface area (TPSA) is 75.7 Å². The first-order chi connectivity index (χ1) is 16.5. The van der Waals surface area contributed by atoms with Crippen LogP contribution in [0.3, 0.4) is 0 Å². The molecule has 174 valence electrons. The molecule has 0 unspecified atom stereocenters. The highest BCUT2D eigenvalue weighted by Gasteiger charge is 2.23. The van der Waals surface area contributed by atoms with E-state index in [1.54, 1.807) is 0 Å². The molecule has 5 rings (SSSR count). The van der Waals surface area contributed by atoms with Gasteiger partial charge in [0.2, 0.25) is 11.7 Å². The molecule has 1 aliphatic rings. The van der Waals surface area contributed by atoms with Crippen LogP contribution in [0.15, 0.2) is 65.5 Å². The van der Waals surface area contributed by atoms with Gasteiger partial charge in [-0.2, -0.15) is 9.50 Å². The van der Waals surface area contributed by atoms with Gasteiger partial charge >= 0.3 is 0 Å². The van der Waals surface area contributed by atoms with E-state index in [-0.39, 0.29) is 11.5 Å². The van der Waals surface area contributed by atoms with Crippen LogP contribution in [0.2, 0.25) is 0 Å². The van der Waals surface area contributed by atoms with Crippen molar-refractivity contribution in [2.75, 3.05) is 31.1 Å². The van der Waals surface area contributed by atoms with Crippen LogP contribution in [0, 0.1) is 6.92 Å². The van der Waals surface area contributed by atoms with Gasteiger partial charge in [-0.3, -0.25) is 9.59 Å². The predicted octanol–water partition coefficient (Wildman–Crippen LogP) is 2.68. The summed E-state index contributed by atoms with van der Waals surface area (Å²) in [7, 11) is 1.88. The van der Waals surface area contributed by atoms with Crippen molar-refractivity contribution in [1.29, 1.82) is 0 Å². The number of para-hydroxylation sites is 1. The fraction of sp³-hybridized carbons (Fsp3) is 0.308. The van der Waals surface area contributed by atoms with E-state index in [2.05, 4.69) is 27.1 Å². The first kappa shape index (κ1) is 21.9. The van der Waals surface area contributed by atoms with Gasteiger partial charge in [-0.15, -0.1) is 5.10 Å². The zero-order valence-corrected chi connectivity index (χ0v) is 19.5. The number of anilines is 1. The van der Waals surface area contributed by atoms with Crippen molar-refractivity contribution in [3.63, 3.8) is 0 Å². The summed E-state index contributed by atoms with van der Waals surface area (Å²) in [6.45, 7) is 4.89. The number of aryl methyl sites for hydroxylation is 1. The summed E-state index contributed by atoms with van der Waals surface area (Å²) in [5.41, 5.74) is 3.25. The molecule has 2 aromatic carbocycles. The highest BCUT2D eigenvalue weighted by atomic mass is 16.2. The van der Waals surface area contributed by atoms with Gasteiger partial charge in [0.1, 0.15) is 0 Å².